The van der Waals surface area contributed by atoms with Gasteiger partial charge in [-0.2, -0.15) is 0 Å². The number of aryl methyl sites for hydroxylation is 1. The van der Waals surface area contributed by atoms with Crippen molar-refractivity contribution >= 4 is 17.4 Å². The second-order valence-corrected chi connectivity index (χ2v) is 5.30. The van der Waals surface area contributed by atoms with E-state index in [1.165, 1.54) is 0 Å². The second-order valence-electron chi connectivity index (χ2n) is 5.03. The summed E-state index contributed by atoms with van der Waals surface area (Å²) >= 11 is 6.02. The number of methoxy groups -OCH3 is 2. The molecule has 1 heterocycles. The van der Waals surface area contributed by atoms with Crippen molar-refractivity contribution in [3.63, 3.8) is 0 Å². The summed E-state index contributed by atoms with van der Waals surface area (Å²) in [6.07, 6.45) is 3.03. The van der Waals surface area contributed by atoms with Crippen LogP contribution in [-0.4, -0.2) is 45.5 Å². The Labute approximate surface area is 133 Å². The molecule has 120 valence electrons. The molecule has 0 atom stereocenters. The topological polar surface area (TPSA) is 34.6 Å². The Morgan fingerprint density at radius 2 is 1.90 bits per heavy atom. The number of nitrogens with zero attached hydrogens (tertiary/aromatic N) is 2. The Morgan fingerprint density at radius 1 is 1.14 bits per heavy atom. The van der Waals surface area contributed by atoms with E-state index in [9.17, 15) is 0 Å². The van der Waals surface area contributed by atoms with Gasteiger partial charge in [-0.3, -0.25) is 0 Å². The molecule has 21 heavy (non-hydrogen) atoms. The highest BCUT2D eigenvalue weighted by atomic mass is 35.5. The van der Waals surface area contributed by atoms with Crippen LogP contribution in [0.25, 0.3) is 0 Å². The molecule has 0 aliphatic heterocycles. The lowest BCUT2D eigenvalue weighted by Gasteiger charge is -2.24. The van der Waals surface area contributed by atoms with E-state index in [0.29, 0.717) is 12.5 Å². The molecule has 1 aromatic heterocycles. The van der Waals surface area contributed by atoms with Crippen LogP contribution >= 0.6 is 11.6 Å². The lowest BCUT2D eigenvalue weighted by atomic mass is 10.1. The van der Waals surface area contributed by atoms with Gasteiger partial charge in [0.1, 0.15) is 5.82 Å². The molecule has 0 radical (unpaired) electrons. The van der Waals surface area contributed by atoms with Crippen molar-refractivity contribution in [3.05, 3.63) is 23.4 Å². The number of alkyl halides is 1. The van der Waals surface area contributed by atoms with Gasteiger partial charge < -0.3 is 14.4 Å². The van der Waals surface area contributed by atoms with E-state index in [1.807, 2.05) is 0 Å². The summed E-state index contributed by atoms with van der Waals surface area (Å²) in [6, 6.07) is 4.18. The van der Waals surface area contributed by atoms with Gasteiger partial charge in [-0.1, -0.05) is 13.3 Å². The Hall–Kier alpha value is -0.840. The standard InChI is InChI=1S/C16H27ClN2O2/c1-4-6-15-11-14(13-17)12-16(18-15)19(8-10-21-3)7-5-9-20-2/h11-12H,4-10,13H2,1-3H3. The van der Waals surface area contributed by atoms with Crippen molar-refractivity contribution < 1.29 is 9.47 Å². The van der Waals surface area contributed by atoms with Crippen molar-refractivity contribution in [1.29, 1.82) is 0 Å². The van der Waals surface area contributed by atoms with Crippen molar-refractivity contribution in [2.24, 2.45) is 0 Å². The van der Waals surface area contributed by atoms with Gasteiger partial charge in [0.25, 0.3) is 0 Å². The van der Waals surface area contributed by atoms with Crippen LogP contribution in [0.5, 0.6) is 0 Å². The third kappa shape index (κ3) is 6.64. The monoisotopic (exact) mass is 314 g/mol. The number of pyridine rings is 1. The van der Waals surface area contributed by atoms with Crippen LogP contribution < -0.4 is 4.90 Å². The van der Waals surface area contributed by atoms with E-state index >= 15 is 0 Å². The Kier molecular flexibility index (Phi) is 9.39. The summed E-state index contributed by atoms with van der Waals surface area (Å²) in [4.78, 5) is 7.02. The first-order valence-corrected chi connectivity index (χ1v) is 8.07. The van der Waals surface area contributed by atoms with Crippen molar-refractivity contribution in [3.8, 4) is 0 Å². The van der Waals surface area contributed by atoms with Crippen molar-refractivity contribution in [2.45, 2.75) is 32.1 Å². The molecule has 0 unspecified atom stereocenters. The van der Waals surface area contributed by atoms with Crippen LogP contribution in [0.2, 0.25) is 0 Å². The van der Waals surface area contributed by atoms with Gasteiger partial charge in [-0.25, -0.2) is 4.98 Å². The Morgan fingerprint density at radius 3 is 2.52 bits per heavy atom. The van der Waals surface area contributed by atoms with E-state index in [1.54, 1.807) is 14.2 Å². The molecule has 0 saturated heterocycles. The van der Waals surface area contributed by atoms with E-state index in [0.717, 1.165) is 56.0 Å². The van der Waals surface area contributed by atoms with Gasteiger partial charge >= 0.3 is 0 Å². The van der Waals surface area contributed by atoms with Crippen molar-refractivity contribution in [1.82, 2.24) is 4.98 Å². The van der Waals surface area contributed by atoms with E-state index in [-0.39, 0.29) is 0 Å². The minimum atomic E-state index is 0.516. The van der Waals surface area contributed by atoms with Gasteiger partial charge in [-0.05, 0) is 30.5 Å². The third-order valence-corrected chi connectivity index (χ3v) is 3.56. The molecule has 5 heteroatoms. The molecular formula is C16H27ClN2O2. The van der Waals surface area contributed by atoms with Crippen LogP contribution in [-0.2, 0) is 21.8 Å². The van der Waals surface area contributed by atoms with Crippen LogP contribution in [0.1, 0.15) is 31.0 Å². The van der Waals surface area contributed by atoms with Crippen molar-refractivity contribution in [2.75, 3.05) is 45.4 Å². The van der Waals surface area contributed by atoms with Crippen LogP contribution in [0, 0.1) is 0 Å². The molecule has 0 N–H and O–H groups in total. The molecular weight excluding hydrogens is 288 g/mol. The van der Waals surface area contributed by atoms with E-state index < -0.39 is 0 Å². The number of halogens is 1. The maximum atomic E-state index is 6.02. The predicted molar refractivity (Wildman–Crippen MR) is 88.4 cm³/mol. The van der Waals surface area contributed by atoms with Crippen LogP contribution in [0.4, 0.5) is 5.82 Å². The molecule has 0 bridgehead atoms. The first-order chi connectivity index (χ1) is 10.2. The fourth-order valence-electron chi connectivity index (χ4n) is 2.20. The minimum absolute atomic E-state index is 0.516. The smallest absolute Gasteiger partial charge is 0.129 e. The zero-order valence-electron chi connectivity index (χ0n) is 13.4. The number of aromatic nitrogens is 1. The fourth-order valence-corrected chi connectivity index (χ4v) is 2.35. The normalized spacial score (nSPS) is 10.9. The average molecular weight is 315 g/mol. The largest absolute Gasteiger partial charge is 0.385 e. The highest BCUT2D eigenvalue weighted by Crippen LogP contribution is 2.18. The predicted octanol–water partition coefficient (Wildman–Crippen LogP) is 3.26. The maximum absolute atomic E-state index is 6.02. The van der Waals surface area contributed by atoms with Gasteiger partial charge in [0.15, 0.2) is 0 Å². The first kappa shape index (κ1) is 18.2. The maximum Gasteiger partial charge on any atom is 0.129 e. The quantitative estimate of drug-likeness (QED) is 0.464. The summed E-state index contributed by atoms with van der Waals surface area (Å²) in [7, 11) is 3.45. The highest BCUT2D eigenvalue weighted by molar-refractivity contribution is 6.17. The molecule has 0 saturated carbocycles. The zero-order chi connectivity index (χ0) is 15.5. The van der Waals surface area contributed by atoms with Gasteiger partial charge in [0.05, 0.1) is 6.61 Å². The fraction of sp³-hybridized carbons (Fsp3) is 0.688. The Balaban J connectivity index is 2.89. The molecule has 0 fully saturated rings. The molecule has 0 aliphatic carbocycles. The third-order valence-electron chi connectivity index (χ3n) is 3.25. The van der Waals surface area contributed by atoms with Gasteiger partial charge in [-0.15, -0.1) is 11.6 Å². The number of rotatable bonds is 11. The number of hydrogen-bond donors (Lipinski definition) is 0. The SMILES string of the molecule is CCCc1cc(CCl)cc(N(CCCOC)CCOC)n1. The minimum Gasteiger partial charge on any atom is -0.385 e. The number of hydrogen-bond acceptors (Lipinski definition) is 4. The molecule has 4 nitrogen and oxygen atoms in total. The highest BCUT2D eigenvalue weighted by Gasteiger charge is 2.10. The Bertz CT molecular complexity index is 402. The summed E-state index contributed by atoms with van der Waals surface area (Å²) in [6.45, 7) is 5.32. The van der Waals surface area contributed by atoms with Gasteiger partial charge in [0.2, 0.25) is 0 Å². The van der Waals surface area contributed by atoms with Crippen LogP contribution in [0.3, 0.4) is 0 Å². The zero-order valence-corrected chi connectivity index (χ0v) is 14.2. The van der Waals surface area contributed by atoms with Crippen LogP contribution in [0.15, 0.2) is 12.1 Å². The lowest BCUT2D eigenvalue weighted by molar-refractivity contribution is 0.191. The number of ether oxygens (including phenoxy) is 2. The lowest BCUT2D eigenvalue weighted by Crippen LogP contribution is -2.30. The second kappa shape index (κ2) is 10.8. The molecule has 0 amide bonds. The summed E-state index contributed by atoms with van der Waals surface area (Å²) in [5.41, 5.74) is 2.24. The molecule has 0 spiro atoms. The van der Waals surface area contributed by atoms with Gasteiger partial charge in [0, 0.05) is 45.5 Å². The first-order valence-electron chi connectivity index (χ1n) is 7.53. The summed E-state index contributed by atoms with van der Waals surface area (Å²) < 4.78 is 10.3. The molecule has 0 aromatic carbocycles. The summed E-state index contributed by atoms with van der Waals surface area (Å²) in [5.74, 6) is 1.51. The molecule has 1 aromatic rings. The molecule has 1 rings (SSSR count). The van der Waals surface area contributed by atoms with E-state index in [2.05, 4.69) is 24.0 Å². The molecule has 0 aliphatic rings. The summed E-state index contributed by atoms with van der Waals surface area (Å²) in [5, 5.41) is 0. The number of anilines is 1. The van der Waals surface area contributed by atoms with E-state index in [4.69, 9.17) is 26.1 Å². The average Bonchev–Trinajstić information content (AvgIpc) is 2.50.